The van der Waals surface area contributed by atoms with Gasteiger partial charge in [0.1, 0.15) is 13.3 Å². The first-order valence-corrected chi connectivity index (χ1v) is 5.74. The Morgan fingerprint density at radius 2 is 2.00 bits per heavy atom. The largest absolute Gasteiger partial charge is 0.411 e. The molecule has 2 N–H and O–H groups in total. The Kier molecular flexibility index (Phi) is 5.50. The molecule has 84 valence electrons. The molecule has 0 aliphatic rings. The van der Waals surface area contributed by atoms with Crippen molar-refractivity contribution in [3.63, 3.8) is 0 Å². The van der Waals surface area contributed by atoms with Gasteiger partial charge in [-0.25, -0.2) is 4.57 Å². The van der Waals surface area contributed by atoms with E-state index in [9.17, 15) is 8.42 Å². The highest BCUT2D eigenvalue weighted by Gasteiger charge is 1.98. The summed E-state index contributed by atoms with van der Waals surface area (Å²) in [6.07, 6.45) is 3.99. The molecule has 0 amide bonds. The Hall–Kier alpha value is -1.47. The van der Waals surface area contributed by atoms with Gasteiger partial charge in [-0.2, -0.15) is 8.42 Å². The van der Waals surface area contributed by atoms with Gasteiger partial charge in [0.05, 0.1) is 6.26 Å². The Bertz CT molecular complexity index is 420. The van der Waals surface area contributed by atoms with Gasteiger partial charge in [-0.15, -0.1) is 0 Å². The van der Waals surface area contributed by atoms with E-state index in [0.29, 0.717) is 6.26 Å². The van der Waals surface area contributed by atoms with Gasteiger partial charge in [-0.3, -0.25) is 4.55 Å². The van der Waals surface area contributed by atoms with Crippen LogP contribution in [0.2, 0.25) is 0 Å². The summed E-state index contributed by atoms with van der Waals surface area (Å²) >= 11 is 0. The topological polar surface area (TPSA) is 90.8 Å². The Morgan fingerprint density at radius 1 is 1.47 bits per heavy atom. The monoisotopic (exact) mass is 233 g/mol. The lowest BCUT2D eigenvalue weighted by molar-refractivity contribution is -0.672. The van der Waals surface area contributed by atoms with Crippen molar-refractivity contribution in [2.24, 2.45) is 12.2 Å². The quantitative estimate of drug-likeness (QED) is 0.231. The van der Waals surface area contributed by atoms with Gasteiger partial charge in [0, 0.05) is 12.1 Å². The third kappa shape index (κ3) is 8.85. The molecule has 1 aromatic heterocycles. The van der Waals surface area contributed by atoms with Crippen LogP contribution in [-0.2, 0) is 17.2 Å². The summed E-state index contributed by atoms with van der Waals surface area (Å²) in [5.41, 5.74) is 0.866. The number of nitrogens with zero attached hydrogens (tertiary/aromatic N) is 2. The number of rotatable bonds is 1. The van der Waals surface area contributed by atoms with Crippen LogP contribution >= 0.6 is 0 Å². The van der Waals surface area contributed by atoms with Gasteiger partial charge in [-0.1, -0.05) is 5.16 Å². The summed E-state index contributed by atoms with van der Waals surface area (Å²) in [6.45, 7) is 0. The van der Waals surface area contributed by atoms with Crippen molar-refractivity contribution in [1.29, 1.82) is 0 Å². The van der Waals surface area contributed by atoms with Crippen LogP contribution in [0, 0.1) is 0 Å². The van der Waals surface area contributed by atoms with Crippen LogP contribution in [0.5, 0.6) is 0 Å². The molecule has 0 bridgehead atoms. The zero-order chi connectivity index (χ0) is 11.9. The first-order valence-electron chi connectivity index (χ1n) is 3.89. The van der Waals surface area contributed by atoms with Gasteiger partial charge in [0.2, 0.25) is 5.69 Å². The Morgan fingerprint density at radius 3 is 2.40 bits per heavy atom. The van der Waals surface area contributed by atoms with Crippen LogP contribution in [0.4, 0.5) is 0 Å². The maximum Gasteiger partial charge on any atom is 0.261 e. The second-order valence-electron chi connectivity index (χ2n) is 2.71. The molecule has 0 unspecified atom stereocenters. The molecular weight excluding hydrogens is 220 g/mol. The molecule has 0 saturated carbocycles. The number of aryl methyl sites for hydroxylation is 1. The molecule has 0 saturated heterocycles. The lowest BCUT2D eigenvalue weighted by Gasteiger charge is -1.88. The summed E-state index contributed by atoms with van der Waals surface area (Å²) < 4.78 is 27.7. The van der Waals surface area contributed by atoms with Crippen molar-refractivity contribution >= 4 is 16.3 Å². The molecule has 1 heterocycles. The van der Waals surface area contributed by atoms with Crippen molar-refractivity contribution < 1.29 is 22.7 Å². The second kappa shape index (κ2) is 6.10. The molecule has 6 nitrogen and oxygen atoms in total. The first-order chi connectivity index (χ1) is 6.84. The zero-order valence-corrected chi connectivity index (χ0v) is 9.22. The third-order valence-electron chi connectivity index (χ3n) is 1.29. The maximum atomic E-state index is 9.19. The molecule has 1 aromatic rings. The highest BCUT2D eigenvalue weighted by molar-refractivity contribution is 7.85. The van der Waals surface area contributed by atoms with Gasteiger partial charge in [0.15, 0.2) is 6.20 Å². The van der Waals surface area contributed by atoms with Gasteiger partial charge in [0.25, 0.3) is 10.1 Å². The van der Waals surface area contributed by atoms with Crippen LogP contribution in [0.3, 0.4) is 0 Å². The summed E-state index contributed by atoms with van der Waals surface area (Å²) in [5, 5.41) is 11.1. The average Bonchev–Trinajstić information content (AvgIpc) is 2.06. The number of hydrogen-bond donors (Lipinski definition) is 2. The number of aromatic nitrogens is 1. The molecule has 0 radical (unpaired) electrons. The maximum absolute atomic E-state index is 9.19. The van der Waals surface area contributed by atoms with Crippen LogP contribution in [0.15, 0.2) is 29.6 Å². The molecular formula is C8H13N2O4S+. The van der Waals surface area contributed by atoms with Gasteiger partial charge < -0.3 is 5.21 Å². The van der Waals surface area contributed by atoms with E-state index >= 15 is 0 Å². The van der Waals surface area contributed by atoms with E-state index < -0.39 is 10.1 Å². The van der Waals surface area contributed by atoms with Crippen molar-refractivity contribution in [1.82, 2.24) is 0 Å². The summed E-state index contributed by atoms with van der Waals surface area (Å²) in [4.78, 5) is 0. The molecule has 0 atom stereocenters. The highest BCUT2D eigenvalue weighted by Crippen LogP contribution is 1.84. The van der Waals surface area contributed by atoms with E-state index in [1.165, 1.54) is 6.21 Å². The molecule has 7 heteroatoms. The Labute approximate surface area is 88.2 Å². The van der Waals surface area contributed by atoms with E-state index in [1.54, 1.807) is 0 Å². The fourth-order valence-corrected chi connectivity index (χ4v) is 0.730. The SMILES string of the molecule is CS(=O)(=O)O.C[n+]1ccccc1/C=N/O. The van der Waals surface area contributed by atoms with Crippen molar-refractivity contribution in [2.45, 2.75) is 0 Å². The minimum Gasteiger partial charge on any atom is -0.411 e. The first kappa shape index (κ1) is 13.5. The second-order valence-corrected chi connectivity index (χ2v) is 4.18. The fraction of sp³-hybridized carbons (Fsp3) is 0.250. The fourth-order valence-electron chi connectivity index (χ4n) is 0.730. The predicted octanol–water partition coefficient (Wildman–Crippen LogP) is -0.177. The highest BCUT2D eigenvalue weighted by atomic mass is 32.2. The van der Waals surface area contributed by atoms with E-state index in [2.05, 4.69) is 5.16 Å². The average molecular weight is 233 g/mol. The smallest absolute Gasteiger partial charge is 0.261 e. The minimum absolute atomic E-state index is 0.715. The minimum atomic E-state index is -3.67. The zero-order valence-electron chi connectivity index (χ0n) is 8.40. The summed E-state index contributed by atoms with van der Waals surface area (Å²) in [5.74, 6) is 0. The summed E-state index contributed by atoms with van der Waals surface area (Å²) in [6, 6.07) is 5.66. The summed E-state index contributed by atoms with van der Waals surface area (Å²) in [7, 11) is -1.78. The lowest BCUT2D eigenvalue weighted by atomic mass is 10.4. The van der Waals surface area contributed by atoms with E-state index in [-0.39, 0.29) is 0 Å². The van der Waals surface area contributed by atoms with Crippen LogP contribution in [0.1, 0.15) is 5.69 Å². The molecule has 0 aliphatic carbocycles. The standard InChI is InChI=1S/C7H8N2O.CH4O3S/c1-9-5-3-2-4-7(9)6-8-10;1-5(2,3)4/h2-6H,1H3;1H3,(H,2,3,4)/p+1. The van der Waals surface area contributed by atoms with Crippen molar-refractivity contribution in [3.05, 3.63) is 30.1 Å². The lowest BCUT2D eigenvalue weighted by Crippen LogP contribution is -2.32. The number of pyridine rings is 1. The van der Waals surface area contributed by atoms with Crippen molar-refractivity contribution in [3.8, 4) is 0 Å². The molecule has 0 spiro atoms. The van der Waals surface area contributed by atoms with E-state index in [1.807, 2.05) is 36.0 Å². The predicted molar refractivity (Wildman–Crippen MR) is 54.5 cm³/mol. The Balaban J connectivity index is 0.000000336. The van der Waals surface area contributed by atoms with Crippen LogP contribution in [0.25, 0.3) is 0 Å². The molecule has 15 heavy (non-hydrogen) atoms. The van der Waals surface area contributed by atoms with E-state index in [4.69, 9.17) is 9.76 Å². The number of oxime groups is 1. The number of hydrogen-bond acceptors (Lipinski definition) is 4. The third-order valence-corrected chi connectivity index (χ3v) is 1.29. The normalized spacial score (nSPS) is 10.9. The van der Waals surface area contributed by atoms with Gasteiger partial charge >= 0.3 is 0 Å². The molecule has 0 aliphatic heterocycles. The van der Waals surface area contributed by atoms with Crippen LogP contribution in [-0.4, -0.2) is 30.6 Å². The molecule has 0 fully saturated rings. The van der Waals surface area contributed by atoms with E-state index in [0.717, 1.165) is 5.69 Å². The van der Waals surface area contributed by atoms with Crippen molar-refractivity contribution in [2.75, 3.05) is 6.26 Å². The molecule has 1 rings (SSSR count). The van der Waals surface area contributed by atoms with Crippen LogP contribution < -0.4 is 4.57 Å². The van der Waals surface area contributed by atoms with Gasteiger partial charge in [-0.05, 0) is 6.07 Å². The molecule has 0 aromatic carbocycles.